The molecular formula is C38H34N2O+2. The van der Waals surface area contributed by atoms with E-state index in [1.165, 1.54) is 55.5 Å². The van der Waals surface area contributed by atoms with Crippen LogP contribution in [0.4, 0.5) is 0 Å². The molecule has 3 aromatic carbocycles. The number of aryl methyl sites for hydroxylation is 3. The number of nitrogens with zero attached hydrogens (tertiary/aromatic N) is 2. The molecule has 0 fully saturated rings. The maximum Gasteiger partial charge on any atom is 0.216 e. The molecule has 41 heavy (non-hydrogen) atoms. The molecule has 2 aliphatic heterocycles. The van der Waals surface area contributed by atoms with E-state index < -0.39 is 0 Å². The number of rotatable bonds is 1. The van der Waals surface area contributed by atoms with Gasteiger partial charge in [0.2, 0.25) is 11.4 Å². The van der Waals surface area contributed by atoms with Crippen molar-refractivity contribution in [2.45, 2.75) is 45.2 Å². The third-order valence-corrected chi connectivity index (χ3v) is 9.44. The predicted molar refractivity (Wildman–Crippen MR) is 165 cm³/mol. The van der Waals surface area contributed by atoms with Gasteiger partial charge in [0.25, 0.3) is 0 Å². The zero-order valence-electron chi connectivity index (χ0n) is 23.7. The Bertz CT molecular complexity index is 2000. The van der Waals surface area contributed by atoms with E-state index in [9.17, 15) is 0 Å². The monoisotopic (exact) mass is 534 g/mol. The highest BCUT2D eigenvalue weighted by Gasteiger charge is 2.46. The summed E-state index contributed by atoms with van der Waals surface area (Å²) in [5, 5.41) is 2.37. The summed E-state index contributed by atoms with van der Waals surface area (Å²) in [5.74, 6) is 0.548. The number of hydrogen-bond donors (Lipinski definition) is 0. The fourth-order valence-electron chi connectivity index (χ4n) is 7.59. The summed E-state index contributed by atoms with van der Waals surface area (Å²) in [5.41, 5.74) is 12.4. The summed E-state index contributed by atoms with van der Waals surface area (Å²) in [4.78, 5) is 0. The molecule has 3 unspecified atom stereocenters. The zero-order valence-corrected chi connectivity index (χ0v) is 23.7. The Kier molecular flexibility index (Phi) is 5.50. The van der Waals surface area contributed by atoms with Crippen molar-refractivity contribution in [2.75, 3.05) is 0 Å². The second-order valence-electron chi connectivity index (χ2n) is 11.9. The van der Waals surface area contributed by atoms with Gasteiger partial charge in [-0.3, -0.25) is 0 Å². The number of aromatic nitrogens is 2. The van der Waals surface area contributed by atoms with Crippen LogP contribution in [-0.2, 0) is 13.0 Å². The molecule has 200 valence electrons. The van der Waals surface area contributed by atoms with Crippen LogP contribution in [0.25, 0.3) is 44.5 Å². The molecule has 0 amide bonds. The summed E-state index contributed by atoms with van der Waals surface area (Å²) in [6, 6.07) is 31.4. The summed E-state index contributed by atoms with van der Waals surface area (Å²) in [6.45, 7) is 9.69. The topological polar surface area (TPSA) is 20.9 Å². The van der Waals surface area contributed by atoms with Gasteiger partial charge in [0.1, 0.15) is 11.2 Å². The number of furan rings is 1. The first kappa shape index (κ1) is 24.3. The molecule has 2 aliphatic rings. The average molecular weight is 535 g/mol. The Morgan fingerprint density at radius 3 is 2.61 bits per heavy atom. The Morgan fingerprint density at radius 1 is 0.854 bits per heavy atom. The van der Waals surface area contributed by atoms with Crippen LogP contribution in [0.15, 0.2) is 114 Å². The van der Waals surface area contributed by atoms with Crippen LogP contribution in [0.1, 0.15) is 40.6 Å². The minimum atomic E-state index is 0.239. The van der Waals surface area contributed by atoms with Crippen molar-refractivity contribution in [3.8, 4) is 22.5 Å². The fraction of sp³-hybridized carbons (Fsp3) is 0.211. The largest absolute Gasteiger partial charge is 0.455 e. The Balaban J connectivity index is 1.41. The number of para-hydroxylation sites is 1. The van der Waals surface area contributed by atoms with E-state index >= 15 is 0 Å². The minimum Gasteiger partial charge on any atom is -0.455 e. The molecule has 3 heteroatoms. The molecule has 5 heterocycles. The van der Waals surface area contributed by atoms with Crippen LogP contribution in [0.2, 0.25) is 0 Å². The highest BCUT2D eigenvalue weighted by atomic mass is 16.3. The van der Waals surface area contributed by atoms with E-state index in [0.29, 0.717) is 5.92 Å². The lowest BCUT2D eigenvalue weighted by Crippen LogP contribution is -2.54. The number of hydrogen-bond acceptors (Lipinski definition) is 1. The molecule has 0 radical (unpaired) electrons. The average Bonchev–Trinajstić information content (AvgIpc) is 3.37. The smallest absolute Gasteiger partial charge is 0.216 e. The number of benzene rings is 3. The third kappa shape index (κ3) is 3.72. The molecule has 8 rings (SSSR count). The molecule has 0 spiro atoms. The van der Waals surface area contributed by atoms with Crippen molar-refractivity contribution in [2.24, 2.45) is 5.92 Å². The highest BCUT2D eigenvalue weighted by molar-refractivity contribution is 6.09. The van der Waals surface area contributed by atoms with Crippen LogP contribution in [-0.4, -0.2) is 0 Å². The lowest BCUT2D eigenvalue weighted by Gasteiger charge is -2.34. The Morgan fingerprint density at radius 2 is 1.71 bits per heavy atom. The SMILES string of the molecule is C=CC1C[n+]2ccccc2-c2ccc(C)cc2CCC2c3ccc4c(oc5ccccc54)c3-c3ccc(C)c[n+]3C12. The zero-order chi connectivity index (χ0) is 27.7. The van der Waals surface area contributed by atoms with Gasteiger partial charge in [-0.15, -0.1) is 6.58 Å². The Hall–Kier alpha value is -4.50. The molecule has 3 aromatic heterocycles. The molecule has 0 bridgehead atoms. The van der Waals surface area contributed by atoms with Crippen molar-refractivity contribution in [1.82, 2.24) is 0 Å². The quantitative estimate of drug-likeness (QED) is 0.154. The number of allylic oxidation sites excluding steroid dienone is 1. The first-order chi connectivity index (χ1) is 20.1. The second-order valence-corrected chi connectivity index (χ2v) is 11.9. The molecule has 0 aliphatic carbocycles. The molecule has 0 saturated heterocycles. The summed E-state index contributed by atoms with van der Waals surface area (Å²) < 4.78 is 11.7. The van der Waals surface area contributed by atoms with Gasteiger partial charge >= 0.3 is 0 Å². The van der Waals surface area contributed by atoms with Gasteiger partial charge in [0, 0.05) is 46.0 Å². The van der Waals surface area contributed by atoms with E-state index in [1.807, 2.05) is 0 Å². The molecule has 0 saturated carbocycles. The van der Waals surface area contributed by atoms with Crippen molar-refractivity contribution >= 4 is 21.9 Å². The van der Waals surface area contributed by atoms with Gasteiger partial charge in [-0.2, -0.15) is 9.13 Å². The third-order valence-electron chi connectivity index (χ3n) is 9.44. The van der Waals surface area contributed by atoms with E-state index in [0.717, 1.165) is 30.6 Å². The van der Waals surface area contributed by atoms with E-state index in [1.54, 1.807) is 0 Å². The van der Waals surface area contributed by atoms with Crippen molar-refractivity contribution in [1.29, 1.82) is 0 Å². The van der Waals surface area contributed by atoms with Crippen LogP contribution >= 0.6 is 0 Å². The van der Waals surface area contributed by atoms with Crippen LogP contribution < -0.4 is 9.13 Å². The van der Waals surface area contributed by atoms with Crippen molar-refractivity contribution in [3.05, 3.63) is 132 Å². The van der Waals surface area contributed by atoms with Gasteiger partial charge in [0.15, 0.2) is 25.0 Å². The molecule has 3 nitrogen and oxygen atoms in total. The van der Waals surface area contributed by atoms with Gasteiger partial charge in [-0.1, -0.05) is 54.1 Å². The maximum absolute atomic E-state index is 6.65. The normalized spacial score (nSPS) is 19.5. The number of fused-ring (bicyclic) bond motifs is 13. The fourth-order valence-corrected chi connectivity index (χ4v) is 7.59. The van der Waals surface area contributed by atoms with Crippen molar-refractivity contribution in [3.63, 3.8) is 0 Å². The minimum absolute atomic E-state index is 0.239. The first-order valence-electron chi connectivity index (χ1n) is 14.8. The van der Waals surface area contributed by atoms with Crippen LogP contribution in [0, 0.1) is 19.8 Å². The lowest BCUT2D eigenvalue weighted by molar-refractivity contribution is -0.747. The van der Waals surface area contributed by atoms with E-state index in [4.69, 9.17) is 4.42 Å². The van der Waals surface area contributed by atoms with Crippen LogP contribution in [0.3, 0.4) is 0 Å². The molecule has 6 aromatic rings. The van der Waals surface area contributed by atoms with Gasteiger partial charge in [-0.05, 0) is 62.1 Å². The van der Waals surface area contributed by atoms with Gasteiger partial charge in [0.05, 0.1) is 11.5 Å². The van der Waals surface area contributed by atoms with Crippen LogP contribution in [0.5, 0.6) is 0 Å². The van der Waals surface area contributed by atoms with E-state index in [2.05, 4.69) is 133 Å². The molecular weight excluding hydrogens is 500 g/mol. The number of pyridine rings is 2. The second kappa shape index (κ2) is 9.27. The highest BCUT2D eigenvalue weighted by Crippen LogP contribution is 2.48. The van der Waals surface area contributed by atoms with Gasteiger partial charge in [-0.25, -0.2) is 0 Å². The molecule has 0 N–H and O–H groups in total. The summed E-state index contributed by atoms with van der Waals surface area (Å²) >= 11 is 0. The summed E-state index contributed by atoms with van der Waals surface area (Å²) in [6.07, 6.45) is 8.85. The van der Waals surface area contributed by atoms with E-state index in [-0.39, 0.29) is 12.0 Å². The molecule has 3 atom stereocenters. The van der Waals surface area contributed by atoms with Crippen molar-refractivity contribution < 1.29 is 13.6 Å². The standard InChI is InChI=1S/C38H34N2O/c1-4-26-23-39-20-8-7-10-33(39)28-15-12-24(2)21-27(28)14-16-31-30-17-18-32-29-9-5-6-11-35(29)41-38(32)36(30)34-19-13-25(3)22-40(34)37(26)31/h4-13,15,17-22,26,31,37H,1,14,16,23H2,2-3H3/q+2. The maximum atomic E-state index is 6.65. The predicted octanol–water partition coefficient (Wildman–Crippen LogP) is 8.20. The first-order valence-corrected chi connectivity index (χ1v) is 14.8. The lowest BCUT2D eigenvalue weighted by atomic mass is 9.74. The summed E-state index contributed by atoms with van der Waals surface area (Å²) in [7, 11) is 0. The Labute approximate surface area is 241 Å². The van der Waals surface area contributed by atoms with Gasteiger partial charge < -0.3 is 4.42 Å².